The van der Waals surface area contributed by atoms with Crippen molar-refractivity contribution >= 4 is 98.4 Å². The number of nitrogens with zero attached hydrogens (tertiary/aromatic N) is 15. The summed E-state index contributed by atoms with van der Waals surface area (Å²) in [5.41, 5.74) is 8.03. The number of carbonyl (C=O) groups excluding carboxylic acids is 1. The van der Waals surface area contributed by atoms with Gasteiger partial charge in [-0.25, -0.2) is 43.1 Å². The quantitative estimate of drug-likeness (QED) is 0.0548. The third kappa shape index (κ3) is 17.8. The fraction of sp³-hybridized carbons (Fsp3) is 0.253. The first-order valence-electron chi connectivity index (χ1n) is 34.4. The molecule has 3 aliphatic rings. The molecule has 562 valence electrons. The van der Waals surface area contributed by atoms with Gasteiger partial charge in [-0.1, -0.05) is 60.4 Å². The summed E-state index contributed by atoms with van der Waals surface area (Å²) in [6.07, 6.45) is 13.8. The molecular weight excluding hydrogens is 1490 g/mol. The Morgan fingerprint density at radius 3 is 1.30 bits per heavy atom. The van der Waals surface area contributed by atoms with Crippen LogP contribution in [0.25, 0.3) is 66.5 Å². The Morgan fingerprint density at radius 1 is 0.509 bits per heavy atom. The topological polar surface area (TPSA) is 277 Å². The Kier molecular flexibility index (Phi) is 25.0. The number of ketones is 1. The minimum Gasteiger partial charge on any atom is -0.480 e. The van der Waals surface area contributed by atoms with Crippen LogP contribution in [0.3, 0.4) is 0 Å². The highest BCUT2D eigenvalue weighted by molar-refractivity contribution is 6.83. The van der Waals surface area contributed by atoms with E-state index < -0.39 is 43.0 Å². The van der Waals surface area contributed by atoms with Crippen molar-refractivity contribution in [2.24, 2.45) is 0 Å². The average Bonchev–Trinajstić information content (AvgIpc) is 0.766. The first kappa shape index (κ1) is 78.4. The van der Waals surface area contributed by atoms with Gasteiger partial charge in [0.15, 0.2) is 5.60 Å². The number of morpholine rings is 3. The van der Waals surface area contributed by atoms with Gasteiger partial charge in [-0.05, 0) is 109 Å². The standard InChI is InChI=1S/C26H21ClFN5O3.C24H21ClFN5O3.C24H19ClFN5O3.C5H10Si/c1-3-26(34,23-6-7-24(35-2)32-31-23)19-13-18(21(28)14-20(19)27)25-17-5-4-16(12-22(17)29-15-30-25)33-8-10-36-11-9-33;2*1-33-22-5-4-20(29-30-22)24(32)16-11-17(19(26)12-18(16)25)23-15-3-2-14(10-21(15)27-13-28-23)31-6-8-34-9-7-31;1-5-6(2,3)4/h1,4-7,12-15,34H,8-11H2,2H3;2-5,10-13,24,32H,6-9H2,1H3;2-5,10-13H,6-9H2,1H3;1H,2-4H3. The van der Waals surface area contributed by atoms with Crippen LogP contribution in [0.1, 0.15) is 44.7 Å². The maximum Gasteiger partial charge on any atom is 0.233 e. The van der Waals surface area contributed by atoms with E-state index in [4.69, 9.17) is 76.1 Å². The lowest BCUT2D eigenvalue weighted by Gasteiger charge is -2.29. The van der Waals surface area contributed by atoms with Crippen molar-refractivity contribution in [1.82, 2.24) is 60.5 Å². The van der Waals surface area contributed by atoms with Crippen molar-refractivity contribution in [3.05, 3.63) is 213 Å². The van der Waals surface area contributed by atoms with Gasteiger partial charge in [0.2, 0.25) is 23.4 Å². The number of benzene rings is 6. The van der Waals surface area contributed by atoms with Gasteiger partial charge < -0.3 is 53.3 Å². The first-order chi connectivity index (χ1) is 53.1. The zero-order chi connectivity index (χ0) is 77.8. The van der Waals surface area contributed by atoms with Gasteiger partial charge in [0.25, 0.3) is 0 Å². The fourth-order valence-corrected chi connectivity index (χ4v) is 12.8. The molecule has 0 amide bonds. The van der Waals surface area contributed by atoms with Crippen LogP contribution in [0.15, 0.2) is 146 Å². The molecular formula is C79H71Cl3F3N15O9Si. The highest BCUT2D eigenvalue weighted by Crippen LogP contribution is 2.41. The van der Waals surface area contributed by atoms with Crippen LogP contribution in [0.2, 0.25) is 34.7 Å². The third-order valence-corrected chi connectivity index (χ3v) is 19.8. The second kappa shape index (κ2) is 35.0. The van der Waals surface area contributed by atoms with Crippen molar-refractivity contribution in [2.45, 2.75) is 31.3 Å². The molecule has 0 spiro atoms. The summed E-state index contributed by atoms with van der Waals surface area (Å²) in [5, 5.41) is 47.7. The Morgan fingerprint density at radius 2 is 0.909 bits per heavy atom. The van der Waals surface area contributed by atoms with E-state index in [0.717, 1.165) is 68.5 Å². The van der Waals surface area contributed by atoms with Gasteiger partial charge in [-0.3, -0.25) is 4.79 Å². The first-order valence-corrected chi connectivity index (χ1v) is 39.0. The molecule has 0 bridgehead atoms. The van der Waals surface area contributed by atoms with Crippen molar-refractivity contribution in [3.8, 4) is 75.7 Å². The number of aliphatic hydroxyl groups is 2. The van der Waals surface area contributed by atoms with Crippen molar-refractivity contribution in [1.29, 1.82) is 0 Å². The number of halogens is 6. The number of rotatable bonds is 15. The molecule has 3 saturated heterocycles. The van der Waals surface area contributed by atoms with E-state index in [1.54, 1.807) is 12.1 Å². The number of terminal acetylenes is 2. The van der Waals surface area contributed by atoms with Gasteiger partial charge in [0.1, 0.15) is 62.0 Å². The van der Waals surface area contributed by atoms with Crippen LogP contribution in [0.4, 0.5) is 30.2 Å². The summed E-state index contributed by atoms with van der Waals surface area (Å²) in [6, 6.07) is 34.1. The lowest BCUT2D eigenvalue weighted by Crippen LogP contribution is -2.36. The van der Waals surface area contributed by atoms with Gasteiger partial charge in [0.05, 0.1) is 110 Å². The molecule has 12 aromatic rings. The van der Waals surface area contributed by atoms with Crippen LogP contribution in [-0.2, 0) is 19.8 Å². The molecule has 2 N–H and O–H groups in total. The number of hydrogen-bond donors (Lipinski definition) is 2. The average molecular weight is 1570 g/mol. The largest absolute Gasteiger partial charge is 0.480 e. The highest BCUT2D eigenvalue weighted by atomic mass is 35.5. The van der Waals surface area contributed by atoms with E-state index in [9.17, 15) is 15.0 Å². The molecule has 24 nitrogen and oxygen atoms in total. The molecule has 2 atom stereocenters. The Balaban J connectivity index is 0.000000148. The number of ether oxygens (including phenoxy) is 6. The molecule has 0 saturated carbocycles. The summed E-state index contributed by atoms with van der Waals surface area (Å²) in [4.78, 5) is 45.9. The van der Waals surface area contributed by atoms with Crippen LogP contribution in [0, 0.1) is 41.8 Å². The maximum atomic E-state index is 15.3. The minimum absolute atomic E-state index is 0.0307. The Hall–Kier alpha value is -11.2. The van der Waals surface area contributed by atoms with Crippen molar-refractivity contribution < 1.29 is 56.6 Å². The van der Waals surface area contributed by atoms with Crippen molar-refractivity contribution in [2.75, 3.05) is 115 Å². The zero-order valence-corrected chi connectivity index (χ0v) is 63.6. The fourth-order valence-electron chi connectivity index (χ4n) is 12.0. The van der Waals surface area contributed by atoms with E-state index in [0.29, 0.717) is 95.3 Å². The molecule has 0 radical (unpaired) electrons. The predicted molar refractivity (Wildman–Crippen MR) is 416 cm³/mol. The van der Waals surface area contributed by atoms with Crippen LogP contribution in [-0.4, -0.2) is 185 Å². The second-order valence-electron chi connectivity index (χ2n) is 25.9. The maximum absolute atomic E-state index is 15.3. The van der Waals surface area contributed by atoms with E-state index in [2.05, 4.69) is 106 Å². The molecule has 0 aliphatic carbocycles. The van der Waals surface area contributed by atoms with Gasteiger partial charge in [-0.15, -0.1) is 49.0 Å². The van der Waals surface area contributed by atoms with Crippen LogP contribution >= 0.6 is 34.8 Å². The molecule has 3 aliphatic heterocycles. The molecule has 110 heavy (non-hydrogen) atoms. The summed E-state index contributed by atoms with van der Waals surface area (Å²) in [6.45, 7) is 15.1. The monoisotopic (exact) mass is 1560 g/mol. The molecule has 15 rings (SSSR count). The summed E-state index contributed by atoms with van der Waals surface area (Å²) < 4.78 is 76.7. The molecule has 6 aromatic heterocycles. The molecule has 2 unspecified atom stereocenters. The van der Waals surface area contributed by atoms with E-state index in [1.807, 2.05) is 54.6 Å². The number of hydrogen-bond acceptors (Lipinski definition) is 24. The van der Waals surface area contributed by atoms with E-state index in [1.165, 1.54) is 88.8 Å². The summed E-state index contributed by atoms with van der Waals surface area (Å²) in [5.74, 6) is 0.880. The van der Waals surface area contributed by atoms with Gasteiger partial charge in [0, 0.05) is 129 Å². The van der Waals surface area contributed by atoms with Gasteiger partial charge in [-0.2, -0.15) is 0 Å². The highest BCUT2D eigenvalue weighted by Gasteiger charge is 2.36. The SMILES string of the molecule is C#CC(O)(c1ccc(OC)nn1)c1cc(-c2ncnc3cc(N4CCOCC4)ccc23)c(F)cc1Cl.C#C[Si](C)(C)C.COc1ccc(C(=O)c2cc(-c3ncnc4cc(N5CCOCC5)ccc34)c(F)cc2Cl)nn1.COc1ccc(C(O)c2cc(-c3ncnc4cc(N5CCOCC5)ccc34)c(F)cc2Cl)nn1. The lowest BCUT2D eigenvalue weighted by atomic mass is 9.88. The van der Waals surface area contributed by atoms with Crippen molar-refractivity contribution in [3.63, 3.8) is 0 Å². The normalized spacial score (nSPS) is 14.5. The number of methoxy groups -OCH3 is 3. The number of aliphatic hydroxyl groups excluding tert-OH is 1. The number of anilines is 3. The third-order valence-electron chi connectivity index (χ3n) is 18.0. The smallest absolute Gasteiger partial charge is 0.233 e. The molecule has 9 heterocycles. The van der Waals surface area contributed by atoms with Gasteiger partial charge >= 0.3 is 0 Å². The van der Waals surface area contributed by atoms with Crippen LogP contribution < -0.4 is 28.9 Å². The lowest BCUT2D eigenvalue weighted by molar-refractivity contribution is 0.103. The number of carbonyl (C=O) groups is 1. The summed E-state index contributed by atoms with van der Waals surface area (Å²) >= 11 is 18.9. The Bertz CT molecular complexity index is 5430. The minimum atomic E-state index is -2.08. The number of fused-ring (bicyclic) bond motifs is 3. The Labute approximate surface area is 646 Å². The molecule has 6 aromatic carbocycles. The second-order valence-corrected chi connectivity index (χ2v) is 32.0. The van der Waals surface area contributed by atoms with Crippen LogP contribution in [0.5, 0.6) is 17.6 Å². The van der Waals surface area contributed by atoms with E-state index >= 15 is 13.2 Å². The van der Waals surface area contributed by atoms with E-state index in [-0.39, 0.29) is 77.3 Å². The predicted octanol–water partition coefficient (Wildman–Crippen LogP) is 12.9. The zero-order valence-electron chi connectivity index (χ0n) is 60.3. The summed E-state index contributed by atoms with van der Waals surface area (Å²) in [7, 11) is 3.26. The molecule has 31 heteroatoms. The number of aromatic nitrogens is 12. The molecule has 3 fully saturated rings.